The number of halogens is 1. The Labute approximate surface area is 150 Å². The van der Waals surface area contributed by atoms with Crippen molar-refractivity contribution in [2.75, 3.05) is 10.6 Å². The van der Waals surface area contributed by atoms with Gasteiger partial charge in [-0.05, 0) is 25.1 Å². The quantitative estimate of drug-likeness (QED) is 0.723. The zero-order valence-electron chi connectivity index (χ0n) is 13.3. The van der Waals surface area contributed by atoms with Crippen LogP contribution in [0.1, 0.15) is 21.6 Å². The summed E-state index contributed by atoms with van der Waals surface area (Å²) in [5.41, 5.74) is 1.07. The van der Waals surface area contributed by atoms with E-state index in [-0.39, 0.29) is 11.8 Å². The van der Waals surface area contributed by atoms with Crippen molar-refractivity contribution in [1.29, 1.82) is 0 Å². The number of carbonyl (C=O) groups excluding carboxylic acids is 2. The molecular formula is C16H13FN4O2S2. The summed E-state index contributed by atoms with van der Waals surface area (Å²) in [6.45, 7) is 3.17. The molecule has 6 nitrogen and oxygen atoms in total. The first kappa shape index (κ1) is 17.2. The van der Waals surface area contributed by atoms with Gasteiger partial charge in [-0.1, -0.05) is 0 Å². The highest BCUT2D eigenvalue weighted by atomic mass is 32.1. The number of anilines is 2. The molecule has 3 rings (SSSR count). The Balaban J connectivity index is 1.77. The second-order valence-electron chi connectivity index (χ2n) is 5.11. The Morgan fingerprint density at radius 1 is 1.24 bits per heavy atom. The highest BCUT2D eigenvalue weighted by Gasteiger charge is 2.14. The van der Waals surface area contributed by atoms with E-state index in [9.17, 15) is 14.0 Å². The minimum Gasteiger partial charge on any atom is -0.326 e. The summed E-state index contributed by atoms with van der Waals surface area (Å²) in [6, 6.07) is 4.36. The highest BCUT2D eigenvalue weighted by molar-refractivity contribution is 7.15. The second kappa shape index (κ2) is 7.08. The van der Waals surface area contributed by atoms with Crippen molar-refractivity contribution in [1.82, 2.24) is 9.97 Å². The van der Waals surface area contributed by atoms with Gasteiger partial charge in [0.25, 0.3) is 5.91 Å². The van der Waals surface area contributed by atoms with Gasteiger partial charge in [-0.15, -0.1) is 22.7 Å². The molecule has 0 spiro atoms. The Morgan fingerprint density at radius 3 is 2.68 bits per heavy atom. The predicted octanol–water partition coefficient (Wildman–Crippen LogP) is 3.92. The minimum atomic E-state index is -0.507. The van der Waals surface area contributed by atoms with Crippen molar-refractivity contribution >= 4 is 45.3 Å². The van der Waals surface area contributed by atoms with Crippen LogP contribution in [-0.4, -0.2) is 21.8 Å². The number of carbonyl (C=O) groups is 2. The molecule has 2 heterocycles. The average molecular weight is 376 g/mol. The number of rotatable bonds is 4. The fourth-order valence-corrected chi connectivity index (χ4v) is 3.46. The van der Waals surface area contributed by atoms with Crippen molar-refractivity contribution in [2.45, 2.75) is 13.8 Å². The fraction of sp³-hybridized carbons (Fsp3) is 0.125. The number of nitrogens with zero attached hydrogens (tertiary/aromatic N) is 2. The summed E-state index contributed by atoms with van der Waals surface area (Å²) < 4.78 is 14.2. The molecule has 0 aliphatic heterocycles. The van der Waals surface area contributed by atoms with Crippen LogP contribution in [-0.2, 0) is 4.79 Å². The number of benzene rings is 1. The van der Waals surface area contributed by atoms with Crippen LogP contribution < -0.4 is 10.6 Å². The molecule has 0 saturated carbocycles. The number of thiazole rings is 2. The third-order valence-electron chi connectivity index (χ3n) is 3.14. The van der Waals surface area contributed by atoms with Gasteiger partial charge in [-0.3, -0.25) is 14.9 Å². The molecule has 3 aromatic rings. The SMILES string of the molecule is CC(=O)Nc1ccc(-c2csc(NC(=O)c3cnc(C)s3)n2)c(F)c1. The summed E-state index contributed by atoms with van der Waals surface area (Å²) in [5, 5.41) is 8.02. The minimum absolute atomic E-state index is 0.274. The lowest BCUT2D eigenvalue weighted by Gasteiger charge is -2.04. The summed E-state index contributed by atoms with van der Waals surface area (Å²) in [5.74, 6) is -1.08. The maximum Gasteiger partial charge on any atom is 0.269 e. The van der Waals surface area contributed by atoms with Gasteiger partial charge in [-0.25, -0.2) is 14.4 Å². The number of aryl methyl sites for hydroxylation is 1. The van der Waals surface area contributed by atoms with Gasteiger partial charge in [0.2, 0.25) is 5.91 Å². The van der Waals surface area contributed by atoms with Crippen molar-refractivity contribution in [2.24, 2.45) is 0 Å². The number of nitrogens with one attached hydrogen (secondary N) is 2. The van der Waals surface area contributed by atoms with E-state index in [1.165, 1.54) is 47.9 Å². The van der Waals surface area contributed by atoms with E-state index < -0.39 is 5.82 Å². The number of aromatic nitrogens is 2. The lowest BCUT2D eigenvalue weighted by molar-refractivity contribution is -0.114. The van der Waals surface area contributed by atoms with Crippen LogP contribution in [0, 0.1) is 12.7 Å². The molecule has 25 heavy (non-hydrogen) atoms. The molecule has 0 fully saturated rings. The Hall–Kier alpha value is -2.65. The predicted molar refractivity (Wildman–Crippen MR) is 96.6 cm³/mol. The molecule has 0 aliphatic rings. The molecule has 2 N–H and O–H groups in total. The van der Waals surface area contributed by atoms with Crippen LogP contribution in [0.3, 0.4) is 0 Å². The van der Waals surface area contributed by atoms with E-state index in [0.29, 0.717) is 27.0 Å². The second-order valence-corrected chi connectivity index (χ2v) is 7.20. The summed E-state index contributed by atoms with van der Waals surface area (Å²) in [4.78, 5) is 31.9. The zero-order valence-corrected chi connectivity index (χ0v) is 14.9. The number of amides is 2. The molecule has 2 amide bonds. The van der Waals surface area contributed by atoms with Crippen LogP contribution in [0.25, 0.3) is 11.3 Å². The van der Waals surface area contributed by atoms with Gasteiger partial charge in [0.15, 0.2) is 5.13 Å². The van der Waals surface area contributed by atoms with Gasteiger partial charge < -0.3 is 5.32 Å². The summed E-state index contributed by atoms with van der Waals surface area (Å²) in [6.07, 6.45) is 1.50. The van der Waals surface area contributed by atoms with E-state index in [0.717, 1.165) is 5.01 Å². The molecule has 0 bridgehead atoms. The topological polar surface area (TPSA) is 84.0 Å². The Morgan fingerprint density at radius 2 is 2.04 bits per heavy atom. The van der Waals surface area contributed by atoms with E-state index in [1.807, 2.05) is 6.92 Å². The molecule has 1 aromatic carbocycles. The van der Waals surface area contributed by atoms with Crippen molar-refractivity contribution in [3.63, 3.8) is 0 Å². The number of hydrogen-bond acceptors (Lipinski definition) is 6. The van der Waals surface area contributed by atoms with Crippen LogP contribution in [0.2, 0.25) is 0 Å². The third-order valence-corrected chi connectivity index (χ3v) is 4.80. The summed E-state index contributed by atoms with van der Waals surface area (Å²) in [7, 11) is 0. The zero-order chi connectivity index (χ0) is 18.0. The van der Waals surface area contributed by atoms with Crippen molar-refractivity contribution in [3.8, 4) is 11.3 Å². The molecule has 0 atom stereocenters. The molecule has 9 heteroatoms. The first-order chi connectivity index (χ1) is 11.9. The van der Waals surface area contributed by atoms with Crippen LogP contribution in [0.4, 0.5) is 15.2 Å². The van der Waals surface area contributed by atoms with Gasteiger partial charge in [0, 0.05) is 23.6 Å². The normalized spacial score (nSPS) is 10.5. The fourth-order valence-electron chi connectivity index (χ4n) is 2.08. The van der Waals surface area contributed by atoms with Gasteiger partial charge in [0.1, 0.15) is 10.7 Å². The Bertz CT molecular complexity index is 951. The van der Waals surface area contributed by atoms with Crippen molar-refractivity contribution < 1.29 is 14.0 Å². The molecule has 128 valence electrons. The van der Waals surface area contributed by atoms with Crippen molar-refractivity contribution in [3.05, 3.63) is 45.5 Å². The van der Waals surface area contributed by atoms with Crippen LogP contribution in [0.5, 0.6) is 0 Å². The van der Waals surface area contributed by atoms with E-state index in [2.05, 4.69) is 20.6 Å². The lowest BCUT2D eigenvalue weighted by atomic mass is 10.1. The van der Waals surface area contributed by atoms with E-state index in [4.69, 9.17) is 0 Å². The molecule has 2 aromatic heterocycles. The van der Waals surface area contributed by atoms with Gasteiger partial charge >= 0.3 is 0 Å². The molecule has 0 saturated heterocycles. The van der Waals surface area contributed by atoms with Gasteiger partial charge in [-0.2, -0.15) is 0 Å². The van der Waals surface area contributed by atoms with Crippen LogP contribution >= 0.6 is 22.7 Å². The standard InChI is InChI=1S/C16H13FN4O2S2/c1-8(22)19-10-3-4-11(12(17)5-10)13-7-24-16(20-13)21-15(23)14-6-18-9(2)25-14/h3-7H,1-2H3,(H,19,22)(H,20,21,23). The smallest absolute Gasteiger partial charge is 0.269 e. The van der Waals surface area contributed by atoms with Gasteiger partial charge in [0.05, 0.1) is 16.9 Å². The maximum absolute atomic E-state index is 14.2. The Kier molecular flexibility index (Phi) is 4.86. The number of hydrogen-bond donors (Lipinski definition) is 2. The maximum atomic E-state index is 14.2. The monoisotopic (exact) mass is 376 g/mol. The highest BCUT2D eigenvalue weighted by Crippen LogP contribution is 2.29. The van der Waals surface area contributed by atoms with E-state index >= 15 is 0 Å². The average Bonchev–Trinajstić information content (AvgIpc) is 3.16. The molecular weight excluding hydrogens is 363 g/mol. The molecule has 0 unspecified atom stereocenters. The molecule has 0 radical (unpaired) electrons. The molecule has 0 aliphatic carbocycles. The largest absolute Gasteiger partial charge is 0.326 e. The lowest BCUT2D eigenvalue weighted by Crippen LogP contribution is -2.09. The first-order valence-corrected chi connectivity index (χ1v) is 8.89. The van der Waals surface area contributed by atoms with Crippen LogP contribution in [0.15, 0.2) is 29.8 Å². The van der Waals surface area contributed by atoms with E-state index in [1.54, 1.807) is 11.4 Å². The summed E-state index contributed by atoms with van der Waals surface area (Å²) >= 11 is 2.49. The third kappa shape index (κ3) is 4.06. The first-order valence-electron chi connectivity index (χ1n) is 7.19.